The van der Waals surface area contributed by atoms with Gasteiger partial charge in [0.15, 0.2) is 0 Å². The van der Waals surface area contributed by atoms with E-state index in [4.69, 9.17) is 4.74 Å². The molecule has 0 fully saturated rings. The summed E-state index contributed by atoms with van der Waals surface area (Å²) >= 11 is 0. The van der Waals surface area contributed by atoms with E-state index >= 15 is 0 Å². The molecule has 0 N–H and O–H groups in total. The second kappa shape index (κ2) is 3.74. The molecule has 0 bridgehead atoms. The van der Waals surface area contributed by atoms with Crippen molar-refractivity contribution in [1.29, 1.82) is 0 Å². The van der Waals surface area contributed by atoms with Crippen LogP contribution in [0, 0.1) is 12.3 Å². The summed E-state index contributed by atoms with van der Waals surface area (Å²) in [4.78, 5) is 11.0. The molecule has 0 aromatic carbocycles. The van der Waals surface area contributed by atoms with E-state index in [0.717, 1.165) is 0 Å². The Hall–Kier alpha value is -0.530. The summed E-state index contributed by atoms with van der Waals surface area (Å²) in [6.45, 7) is 9.48. The Kier molecular flexibility index (Phi) is 3.56. The van der Waals surface area contributed by atoms with Crippen LogP contribution in [-0.4, -0.2) is 11.6 Å². The maximum absolute atomic E-state index is 11.0. The molecule has 0 atom stereocenters. The van der Waals surface area contributed by atoms with Gasteiger partial charge in [-0.1, -0.05) is 13.8 Å². The predicted molar refractivity (Wildman–Crippen MR) is 45.0 cm³/mol. The highest BCUT2D eigenvalue weighted by Crippen LogP contribution is 2.10. The minimum Gasteiger partial charge on any atom is -0.460 e. The zero-order valence-corrected chi connectivity index (χ0v) is 7.97. The minimum atomic E-state index is -0.373. The molecule has 11 heavy (non-hydrogen) atoms. The second-order valence-corrected chi connectivity index (χ2v) is 3.94. The number of hydrogen-bond acceptors (Lipinski definition) is 2. The molecule has 0 aliphatic rings. The normalized spacial score (nSPS) is 11.8. The number of esters is 1. The van der Waals surface area contributed by atoms with Crippen LogP contribution in [0.2, 0.25) is 0 Å². The van der Waals surface area contributed by atoms with Crippen molar-refractivity contribution in [1.82, 2.24) is 0 Å². The summed E-state index contributed by atoms with van der Waals surface area (Å²) in [5, 5.41) is 0. The van der Waals surface area contributed by atoms with Crippen LogP contribution in [0.1, 0.15) is 34.6 Å². The van der Waals surface area contributed by atoms with Crippen LogP contribution in [-0.2, 0) is 9.53 Å². The van der Waals surface area contributed by atoms with E-state index < -0.39 is 0 Å². The van der Waals surface area contributed by atoms with Gasteiger partial charge in [-0.25, -0.2) is 0 Å². The van der Waals surface area contributed by atoms with Crippen molar-refractivity contribution < 1.29 is 9.53 Å². The van der Waals surface area contributed by atoms with Gasteiger partial charge in [0, 0.05) is 0 Å². The van der Waals surface area contributed by atoms with E-state index in [0.29, 0.717) is 0 Å². The predicted octanol–water partition coefficient (Wildman–Crippen LogP) is 2.19. The summed E-state index contributed by atoms with van der Waals surface area (Å²) in [6.07, 6.45) is 1.57. The summed E-state index contributed by atoms with van der Waals surface area (Å²) in [5.41, 5.74) is -0.373. The van der Waals surface area contributed by atoms with Crippen molar-refractivity contribution in [2.45, 2.75) is 40.2 Å². The molecule has 65 valence electrons. The monoisotopic (exact) mass is 157 g/mol. The number of ether oxygens (including phenoxy) is 1. The highest BCUT2D eigenvalue weighted by molar-refractivity contribution is 5.79. The van der Waals surface area contributed by atoms with Crippen LogP contribution in [0.25, 0.3) is 0 Å². The molecule has 0 spiro atoms. The van der Waals surface area contributed by atoms with Crippen LogP contribution < -0.4 is 0 Å². The van der Waals surface area contributed by atoms with Gasteiger partial charge in [-0.2, -0.15) is 0 Å². The zero-order valence-electron chi connectivity index (χ0n) is 7.97. The van der Waals surface area contributed by atoms with Crippen molar-refractivity contribution in [3.63, 3.8) is 0 Å². The van der Waals surface area contributed by atoms with Crippen molar-refractivity contribution in [2.75, 3.05) is 0 Å². The van der Waals surface area contributed by atoms with Gasteiger partial charge in [0.05, 0.1) is 6.42 Å². The van der Waals surface area contributed by atoms with Crippen LogP contribution in [0.3, 0.4) is 0 Å². The Bertz CT molecular complexity index is 131. The standard InChI is InChI=1S/C9H17O2/c1-7(2)6-8(10)11-9(3,4)5/h6-7H,1-5H3. The maximum atomic E-state index is 11.0. The first-order valence-corrected chi connectivity index (χ1v) is 3.89. The molecule has 0 unspecified atom stereocenters. The average Bonchev–Trinajstić information content (AvgIpc) is 1.53. The van der Waals surface area contributed by atoms with Gasteiger partial charge in [0.25, 0.3) is 0 Å². The summed E-state index contributed by atoms with van der Waals surface area (Å²) in [6, 6.07) is 0. The van der Waals surface area contributed by atoms with Gasteiger partial charge in [0.2, 0.25) is 0 Å². The van der Waals surface area contributed by atoms with Crippen LogP contribution >= 0.6 is 0 Å². The van der Waals surface area contributed by atoms with Gasteiger partial charge in [-0.05, 0) is 26.7 Å². The third-order valence-electron chi connectivity index (χ3n) is 0.876. The molecular formula is C9H17O2. The van der Waals surface area contributed by atoms with Crippen molar-refractivity contribution in [2.24, 2.45) is 5.92 Å². The number of rotatable bonds is 2. The molecule has 0 saturated carbocycles. The van der Waals surface area contributed by atoms with E-state index in [9.17, 15) is 4.79 Å². The first-order valence-electron chi connectivity index (χ1n) is 3.89. The Morgan fingerprint density at radius 2 is 1.82 bits per heavy atom. The lowest BCUT2D eigenvalue weighted by atomic mass is 10.1. The lowest BCUT2D eigenvalue weighted by molar-refractivity contribution is -0.150. The van der Waals surface area contributed by atoms with E-state index in [2.05, 4.69) is 0 Å². The Balaban J connectivity index is 3.71. The van der Waals surface area contributed by atoms with E-state index in [1.807, 2.05) is 34.6 Å². The number of carbonyl (C=O) groups excluding carboxylic acids is 1. The van der Waals surface area contributed by atoms with Crippen LogP contribution in [0.5, 0.6) is 0 Å². The highest BCUT2D eigenvalue weighted by atomic mass is 16.6. The number of hydrogen-bond donors (Lipinski definition) is 0. The van der Waals surface area contributed by atoms with E-state index in [1.54, 1.807) is 6.42 Å². The Labute approximate surface area is 68.9 Å². The molecule has 0 rings (SSSR count). The smallest absolute Gasteiger partial charge is 0.310 e. The molecule has 0 saturated heterocycles. The second-order valence-electron chi connectivity index (χ2n) is 3.94. The fourth-order valence-electron chi connectivity index (χ4n) is 0.608. The summed E-state index contributed by atoms with van der Waals surface area (Å²) in [5.74, 6) is 0.0253. The third kappa shape index (κ3) is 7.37. The molecule has 0 amide bonds. The Morgan fingerprint density at radius 1 is 1.36 bits per heavy atom. The molecule has 0 aliphatic carbocycles. The molecule has 0 aliphatic heterocycles. The van der Waals surface area contributed by atoms with Crippen molar-refractivity contribution >= 4 is 5.97 Å². The first-order chi connectivity index (χ1) is 4.81. The van der Waals surface area contributed by atoms with Gasteiger partial charge in [-0.3, -0.25) is 4.79 Å². The molecule has 0 aromatic heterocycles. The minimum absolute atomic E-state index is 0.229. The third-order valence-corrected chi connectivity index (χ3v) is 0.876. The summed E-state index contributed by atoms with van der Waals surface area (Å²) in [7, 11) is 0. The number of carbonyl (C=O) groups is 1. The maximum Gasteiger partial charge on any atom is 0.310 e. The van der Waals surface area contributed by atoms with Gasteiger partial charge < -0.3 is 4.74 Å². The molecule has 2 nitrogen and oxygen atoms in total. The molecule has 0 heterocycles. The van der Waals surface area contributed by atoms with Crippen molar-refractivity contribution in [3.8, 4) is 0 Å². The lowest BCUT2D eigenvalue weighted by Gasteiger charge is -2.19. The quantitative estimate of drug-likeness (QED) is 0.574. The zero-order chi connectivity index (χ0) is 9.07. The molecule has 0 aromatic rings. The molecular weight excluding hydrogens is 140 g/mol. The highest BCUT2D eigenvalue weighted by Gasteiger charge is 2.16. The fourth-order valence-corrected chi connectivity index (χ4v) is 0.608. The van der Waals surface area contributed by atoms with Crippen LogP contribution in [0.4, 0.5) is 0 Å². The SMILES string of the molecule is CC(C)[CH]C(=O)OC(C)(C)C. The average molecular weight is 157 g/mol. The molecule has 1 radical (unpaired) electrons. The molecule has 2 heteroatoms. The first kappa shape index (κ1) is 10.5. The van der Waals surface area contributed by atoms with Crippen LogP contribution in [0.15, 0.2) is 0 Å². The lowest BCUT2D eigenvalue weighted by Crippen LogP contribution is -2.24. The largest absolute Gasteiger partial charge is 0.460 e. The van der Waals surface area contributed by atoms with E-state index in [1.165, 1.54) is 0 Å². The summed E-state index contributed by atoms with van der Waals surface area (Å²) < 4.78 is 5.05. The van der Waals surface area contributed by atoms with Crippen molar-refractivity contribution in [3.05, 3.63) is 6.42 Å². The fraction of sp³-hybridized carbons (Fsp3) is 0.778. The van der Waals surface area contributed by atoms with Gasteiger partial charge in [0.1, 0.15) is 5.60 Å². The Morgan fingerprint density at radius 3 is 2.09 bits per heavy atom. The van der Waals surface area contributed by atoms with Gasteiger partial charge >= 0.3 is 5.97 Å². The topological polar surface area (TPSA) is 26.3 Å². The van der Waals surface area contributed by atoms with Gasteiger partial charge in [-0.15, -0.1) is 0 Å². The van der Waals surface area contributed by atoms with E-state index in [-0.39, 0.29) is 17.5 Å².